The molecule has 1 aliphatic rings. The molecule has 1 aromatic carbocycles. The first-order valence-electron chi connectivity index (χ1n) is 4.63. The maximum atomic E-state index is 4.36. The molecule has 3 nitrogen and oxygen atoms in total. The van der Waals surface area contributed by atoms with Gasteiger partial charge in [-0.1, -0.05) is 12.1 Å². The fraction of sp³-hybridized carbons (Fsp3) is 0.300. The van der Waals surface area contributed by atoms with Gasteiger partial charge in [-0.3, -0.25) is 4.68 Å². The Morgan fingerprint density at radius 2 is 2.38 bits per heavy atom. The SMILES string of the molecule is c1cc2c3c(c1)cnn3CCCN2. The van der Waals surface area contributed by atoms with Crippen molar-refractivity contribution in [2.45, 2.75) is 13.0 Å². The molecular formula is C10H11N3. The van der Waals surface area contributed by atoms with Crippen molar-refractivity contribution in [2.75, 3.05) is 11.9 Å². The Balaban J connectivity index is 2.40. The summed E-state index contributed by atoms with van der Waals surface area (Å²) in [6.45, 7) is 2.07. The lowest BCUT2D eigenvalue weighted by Gasteiger charge is -2.02. The molecule has 1 aliphatic heterocycles. The number of aryl methyl sites for hydroxylation is 1. The topological polar surface area (TPSA) is 29.9 Å². The molecule has 66 valence electrons. The third kappa shape index (κ3) is 0.932. The van der Waals surface area contributed by atoms with Gasteiger partial charge >= 0.3 is 0 Å². The minimum atomic E-state index is 1.02. The highest BCUT2D eigenvalue weighted by molar-refractivity contribution is 5.90. The van der Waals surface area contributed by atoms with Crippen molar-refractivity contribution in [3.05, 3.63) is 24.4 Å². The van der Waals surface area contributed by atoms with Crippen LogP contribution in [0.15, 0.2) is 24.4 Å². The van der Waals surface area contributed by atoms with E-state index < -0.39 is 0 Å². The second-order valence-corrected chi connectivity index (χ2v) is 3.39. The summed E-state index contributed by atoms with van der Waals surface area (Å²) in [5.74, 6) is 0. The average molecular weight is 173 g/mol. The molecule has 0 radical (unpaired) electrons. The van der Waals surface area contributed by atoms with Crippen LogP contribution in [0, 0.1) is 0 Å². The summed E-state index contributed by atoms with van der Waals surface area (Å²) in [5, 5.41) is 9.01. The van der Waals surface area contributed by atoms with Crippen LogP contribution in [0.5, 0.6) is 0 Å². The van der Waals surface area contributed by atoms with Crippen molar-refractivity contribution in [3.63, 3.8) is 0 Å². The van der Waals surface area contributed by atoms with Gasteiger partial charge in [-0.2, -0.15) is 5.10 Å². The second-order valence-electron chi connectivity index (χ2n) is 3.39. The third-order valence-corrected chi connectivity index (χ3v) is 2.52. The van der Waals surface area contributed by atoms with E-state index in [1.54, 1.807) is 0 Å². The molecule has 3 heteroatoms. The Hall–Kier alpha value is -1.51. The van der Waals surface area contributed by atoms with Crippen molar-refractivity contribution in [3.8, 4) is 0 Å². The Labute approximate surface area is 76.4 Å². The summed E-state index contributed by atoms with van der Waals surface area (Å²) < 4.78 is 2.09. The van der Waals surface area contributed by atoms with Crippen molar-refractivity contribution in [2.24, 2.45) is 0 Å². The monoisotopic (exact) mass is 173 g/mol. The van der Waals surface area contributed by atoms with Gasteiger partial charge in [0, 0.05) is 18.5 Å². The van der Waals surface area contributed by atoms with Gasteiger partial charge < -0.3 is 5.32 Å². The van der Waals surface area contributed by atoms with Crippen LogP contribution in [0.4, 0.5) is 5.69 Å². The van der Waals surface area contributed by atoms with Crippen molar-refractivity contribution >= 4 is 16.6 Å². The van der Waals surface area contributed by atoms with Crippen molar-refractivity contribution < 1.29 is 0 Å². The second kappa shape index (κ2) is 2.49. The zero-order valence-electron chi connectivity index (χ0n) is 7.33. The Morgan fingerprint density at radius 1 is 1.38 bits per heavy atom. The van der Waals surface area contributed by atoms with Crippen LogP contribution in [0.25, 0.3) is 10.9 Å². The van der Waals surface area contributed by atoms with Gasteiger partial charge in [0.05, 0.1) is 17.4 Å². The van der Waals surface area contributed by atoms with E-state index in [1.807, 2.05) is 6.20 Å². The van der Waals surface area contributed by atoms with Crippen molar-refractivity contribution in [1.82, 2.24) is 9.78 Å². The number of nitrogens with zero attached hydrogens (tertiary/aromatic N) is 2. The standard InChI is InChI=1S/C10H11N3/c1-3-8-7-12-13-6-2-5-11-9(4-1)10(8)13/h1,3-4,7,11H,2,5-6H2. The molecular weight excluding hydrogens is 162 g/mol. The molecule has 0 unspecified atom stereocenters. The van der Waals surface area contributed by atoms with Gasteiger partial charge in [-0.25, -0.2) is 0 Å². The first kappa shape index (κ1) is 6.95. The van der Waals surface area contributed by atoms with Crippen LogP contribution in [0.2, 0.25) is 0 Å². The lowest BCUT2D eigenvalue weighted by molar-refractivity contribution is 0.619. The van der Waals surface area contributed by atoms with E-state index in [-0.39, 0.29) is 0 Å². The van der Waals surface area contributed by atoms with E-state index in [1.165, 1.54) is 16.6 Å². The Kier molecular flexibility index (Phi) is 1.33. The van der Waals surface area contributed by atoms with Crippen LogP contribution in [0.3, 0.4) is 0 Å². The quantitative estimate of drug-likeness (QED) is 0.659. The van der Waals surface area contributed by atoms with Crippen molar-refractivity contribution in [1.29, 1.82) is 0 Å². The molecule has 0 saturated heterocycles. The van der Waals surface area contributed by atoms with E-state index in [4.69, 9.17) is 0 Å². The van der Waals surface area contributed by atoms with Gasteiger partial charge in [0.1, 0.15) is 0 Å². The number of anilines is 1. The van der Waals surface area contributed by atoms with E-state index in [0.29, 0.717) is 0 Å². The highest BCUT2D eigenvalue weighted by Gasteiger charge is 2.09. The number of benzene rings is 1. The first-order chi connectivity index (χ1) is 6.45. The minimum absolute atomic E-state index is 1.02. The summed E-state index contributed by atoms with van der Waals surface area (Å²) in [6.07, 6.45) is 3.08. The molecule has 3 rings (SSSR count). The normalized spacial score (nSPS) is 15.4. The number of para-hydroxylation sites is 1. The zero-order chi connectivity index (χ0) is 8.67. The van der Waals surface area contributed by atoms with E-state index in [2.05, 4.69) is 33.3 Å². The summed E-state index contributed by atoms with van der Waals surface area (Å²) in [4.78, 5) is 0. The smallest absolute Gasteiger partial charge is 0.0913 e. The summed E-state index contributed by atoms with van der Waals surface area (Å²) in [6, 6.07) is 6.29. The minimum Gasteiger partial charge on any atom is -0.383 e. The van der Waals surface area contributed by atoms with E-state index >= 15 is 0 Å². The lowest BCUT2D eigenvalue weighted by atomic mass is 10.2. The fourth-order valence-electron chi connectivity index (χ4n) is 1.91. The van der Waals surface area contributed by atoms with E-state index in [9.17, 15) is 0 Å². The molecule has 0 spiro atoms. The number of hydrogen-bond acceptors (Lipinski definition) is 2. The van der Waals surface area contributed by atoms with Gasteiger partial charge in [-0.05, 0) is 12.5 Å². The van der Waals surface area contributed by atoms with Crippen LogP contribution >= 0.6 is 0 Å². The van der Waals surface area contributed by atoms with Crippen LogP contribution < -0.4 is 5.32 Å². The maximum absolute atomic E-state index is 4.36. The molecule has 0 aliphatic carbocycles. The number of rotatable bonds is 0. The van der Waals surface area contributed by atoms with Crippen LogP contribution in [0.1, 0.15) is 6.42 Å². The fourth-order valence-corrected chi connectivity index (χ4v) is 1.91. The van der Waals surface area contributed by atoms with Gasteiger partial charge in [0.2, 0.25) is 0 Å². The summed E-state index contributed by atoms with van der Waals surface area (Å²) in [5.41, 5.74) is 2.47. The summed E-state index contributed by atoms with van der Waals surface area (Å²) in [7, 11) is 0. The lowest BCUT2D eigenvalue weighted by Crippen LogP contribution is -2.01. The largest absolute Gasteiger partial charge is 0.383 e. The molecule has 1 N–H and O–H groups in total. The molecule has 0 bridgehead atoms. The Morgan fingerprint density at radius 3 is 3.38 bits per heavy atom. The molecule has 1 aromatic heterocycles. The first-order valence-corrected chi connectivity index (χ1v) is 4.63. The average Bonchev–Trinajstić information content (AvgIpc) is 2.44. The number of hydrogen-bond donors (Lipinski definition) is 1. The van der Waals surface area contributed by atoms with Crippen LogP contribution in [-0.4, -0.2) is 16.3 Å². The summed E-state index contributed by atoms with van der Waals surface area (Å²) >= 11 is 0. The van der Waals surface area contributed by atoms with E-state index in [0.717, 1.165) is 19.5 Å². The molecule has 0 amide bonds. The molecule has 0 saturated carbocycles. The number of aromatic nitrogens is 2. The highest BCUT2D eigenvalue weighted by Crippen LogP contribution is 2.24. The predicted molar refractivity (Wildman–Crippen MR) is 52.8 cm³/mol. The molecule has 0 atom stereocenters. The molecule has 2 heterocycles. The van der Waals surface area contributed by atoms with Gasteiger partial charge in [0.15, 0.2) is 0 Å². The van der Waals surface area contributed by atoms with Gasteiger partial charge in [-0.15, -0.1) is 0 Å². The van der Waals surface area contributed by atoms with Gasteiger partial charge in [0.25, 0.3) is 0 Å². The highest BCUT2D eigenvalue weighted by atomic mass is 15.3. The number of nitrogens with one attached hydrogen (secondary N) is 1. The molecule has 13 heavy (non-hydrogen) atoms. The Bertz CT molecular complexity index is 444. The molecule has 0 fully saturated rings. The predicted octanol–water partition coefficient (Wildman–Crippen LogP) is 1.85. The maximum Gasteiger partial charge on any atom is 0.0913 e. The molecule has 2 aromatic rings. The zero-order valence-corrected chi connectivity index (χ0v) is 7.33. The van der Waals surface area contributed by atoms with Crippen LogP contribution in [-0.2, 0) is 6.54 Å². The third-order valence-electron chi connectivity index (χ3n) is 2.52.